The number of carbonyl (C=O) groups is 2. The summed E-state index contributed by atoms with van der Waals surface area (Å²) in [6.07, 6.45) is 4.20. The van der Waals surface area contributed by atoms with Crippen LogP contribution in [0.5, 0.6) is 0 Å². The second-order valence-electron chi connectivity index (χ2n) is 11.7. The highest BCUT2D eigenvalue weighted by Crippen LogP contribution is 2.55. The van der Waals surface area contributed by atoms with E-state index < -0.39 is 10.8 Å². The first kappa shape index (κ1) is 31.2. The van der Waals surface area contributed by atoms with E-state index in [0.29, 0.717) is 23.0 Å². The van der Waals surface area contributed by atoms with Crippen LogP contribution in [0, 0.1) is 6.92 Å². The highest BCUT2D eigenvalue weighted by molar-refractivity contribution is 8.01. The number of ketones is 1. The molecule has 1 amide bonds. The molecule has 230 valence electrons. The maximum atomic E-state index is 14.7. The summed E-state index contributed by atoms with van der Waals surface area (Å²) < 4.78 is 4.48. The van der Waals surface area contributed by atoms with E-state index in [1.165, 1.54) is 11.8 Å². The minimum Gasteiger partial charge on any atom is -0.379 e. The highest BCUT2D eigenvalue weighted by Gasteiger charge is 2.57. The molecule has 6 rings (SSSR count). The molecule has 0 unspecified atom stereocenters. The summed E-state index contributed by atoms with van der Waals surface area (Å²) in [7, 11) is 0. The number of nitrogens with one attached hydrogen (secondary N) is 1. The van der Waals surface area contributed by atoms with Gasteiger partial charge in [0.2, 0.25) is 5.91 Å². The fourth-order valence-electron chi connectivity index (χ4n) is 6.54. The quantitative estimate of drug-likeness (QED) is 0.168. The average molecular weight is 651 g/mol. The number of hydrogen-bond donors (Lipinski definition) is 1. The number of morpholine rings is 1. The largest absolute Gasteiger partial charge is 0.379 e. The van der Waals surface area contributed by atoms with Crippen molar-refractivity contribution in [2.24, 2.45) is 0 Å². The summed E-state index contributed by atoms with van der Waals surface area (Å²) in [5.74, 6) is 0.0862. The van der Waals surface area contributed by atoms with Gasteiger partial charge in [-0.25, -0.2) is 0 Å². The molecule has 0 radical (unpaired) electrons. The molecule has 2 atom stereocenters. The van der Waals surface area contributed by atoms with Crippen molar-refractivity contribution < 1.29 is 14.3 Å². The van der Waals surface area contributed by atoms with Gasteiger partial charge in [0.25, 0.3) is 0 Å². The number of unbranched alkanes of at least 4 members (excludes halogenated alkanes) is 1. The number of aromatic nitrogens is 1. The number of rotatable bonds is 11. The van der Waals surface area contributed by atoms with Crippen LogP contribution in [0.3, 0.4) is 0 Å². The lowest BCUT2D eigenvalue weighted by Gasteiger charge is -2.37. The molecule has 6 nitrogen and oxygen atoms in total. The van der Waals surface area contributed by atoms with Gasteiger partial charge in [-0.15, -0.1) is 11.8 Å². The molecule has 9 heteroatoms. The molecule has 3 heterocycles. The Hall–Kier alpha value is -2.81. The van der Waals surface area contributed by atoms with Gasteiger partial charge in [-0.2, -0.15) is 0 Å². The zero-order chi connectivity index (χ0) is 30.7. The minimum absolute atomic E-state index is 0.0299. The predicted octanol–water partition coefficient (Wildman–Crippen LogP) is 7.86. The molecule has 1 aromatic heterocycles. The third kappa shape index (κ3) is 6.58. The van der Waals surface area contributed by atoms with Gasteiger partial charge in [0, 0.05) is 63.7 Å². The number of halogens is 2. The monoisotopic (exact) mass is 649 g/mol. The fraction of sp³-hybridized carbons (Fsp3) is 0.371. The maximum Gasteiger partial charge on any atom is 0.225 e. The van der Waals surface area contributed by atoms with Crippen molar-refractivity contribution in [2.75, 3.05) is 32.8 Å². The van der Waals surface area contributed by atoms with Crippen LogP contribution in [-0.4, -0.2) is 64.1 Å². The van der Waals surface area contributed by atoms with Crippen molar-refractivity contribution in [1.82, 2.24) is 14.8 Å². The number of aryl methyl sites for hydroxylation is 1. The van der Waals surface area contributed by atoms with Crippen LogP contribution >= 0.6 is 35.0 Å². The standard InChI is InChI=1S/C35H37Cl2N3O3S/c1-24-19-26(36)11-10-25(24)23-40-33(42)21-35(44-28-7-3-2-4-8-28,32(41)9-5-6-14-39-15-17-43-18-16-39)34(40)30-22-38-31-20-27(37)12-13-29(30)31/h2-4,7-8,10-13,19-20,22,34,38H,5-6,9,14-18,21,23H2,1H3/t34-,35+/m0/s1. The van der Waals surface area contributed by atoms with E-state index in [2.05, 4.69) is 9.88 Å². The highest BCUT2D eigenvalue weighted by atomic mass is 35.5. The van der Waals surface area contributed by atoms with Crippen molar-refractivity contribution in [1.29, 1.82) is 0 Å². The van der Waals surface area contributed by atoms with Gasteiger partial charge < -0.3 is 14.6 Å². The number of Topliss-reactive ketones (excluding diaryl/α,β-unsaturated/α-hetero) is 1. The third-order valence-electron chi connectivity index (χ3n) is 8.85. The van der Waals surface area contributed by atoms with E-state index >= 15 is 0 Å². The SMILES string of the molecule is Cc1cc(Cl)ccc1CN1C(=O)C[C@@](Sc2ccccc2)(C(=O)CCCCN2CCOCC2)[C@@H]1c1c[nH]c2cc(Cl)ccc12. The Morgan fingerprint density at radius 1 is 1.02 bits per heavy atom. The van der Waals surface area contributed by atoms with E-state index in [4.69, 9.17) is 27.9 Å². The zero-order valence-corrected chi connectivity index (χ0v) is 27.2. The molecule has 2 saturated heterocycles. The van der Waals surface area contributed by atoms with Crippen LogP contribution in [-0.2, 0) is 20.9 Å². The number of fused-ring (bicyclic) bond motifs is 1. The van der Waals surface area contributed by atoms with Gasteiger partial charge in [-0.1, -0.05) is 53.5 Å². The lowest BCUT2D eigenvalue weighted by atomic mass is 9.86. The lowest BCUT2D eigenvalue weighted by Crippen LogP contribution is -2.42. The molecule has 4 aromatic rings. The zero-order valence-electron chi connectivity index (χ0n) is 24.9. The van der Waals surface area contributed by atoms with E-state index in [1.54, 1.807) is 0 Å². The molecule has 0 spiro atoms. The Kier molecular flexibility index (Phi) is 9.69. The molecule has 3 aromatic carbocycles. The van der Waals surface area contributed by atoms with Crippen LogP contribution in [0.4, 0.5) is 0 Å². The van der Waals surface area contributed by atoms with E-state index in [1.807, 2.05) is 84.8 Å². The van der Waals surface area contributed by atoms with Crippen molar-refractivity contribution in [3.05, 3.63) is 99.7 Å². The molecular formula is C35H37Cl2N3O3S. The Morgan fingerprint density at radius 2 is 1.77 bits per heavy atom. The average Bonchev–Trinajstić information content (AvgIpc) is 3.55. The number of carbonyl (C=O) groups excluding carboxylic acids is 2. The Bertz CT molecular complexity index is 1640. The van der Waals surface area contributed by atoms with Gasteiger partial charge in [-0.05, 0) is 73.8 Å². The van der Waals surface area contributed by atoms with Gasteiger partial charge in [0.05, 0.1) is 25.7 Å². The number of amides is 1. The fourth-order valence-corrected chi connectivity index (χ4v) is 8.43. The van der Waals surface area contributed by atoms with Gasteiger partial charge in [0.1, 0.15) is 4.75 Å². The maximum absolute atomic E-state index is 14.7. The number of thioether (sulfide) groups is 1. The minimum atomic E-state index is -1.01. The topological polar surface area (TPSA) is 65.6 Å². The molecule has 2 aliphatic rings. The number of benzene rings is 3. The summed E-state index contributed by atoms with van der Waals surface area (Å²) >= 11 is 14.2. The molecule has 2 fully saturated rings. The van der Waals surface area contributed by atoms with E-state index in [-0.39, 0.29) is 18.1 Å². The van der Waals surface area contributed by atoms with Crippen molar-refractivity contribution in [3.8, 4) is 0 Å². The van der Waals surface area contributed by atoms with Gasteiger partial charge in [0.15, 0.2) is 5.78 Å². The second-order valence-corrected chi connectivity index (χ2v) is 14.0. The van der Waals surface area contributed by atoms with Gasteiger partial charge in [-0.3, -0.25) is 14.5 Å². The van der Waals surface area contributed by atoms with Crippen LogP contribution in [0.2, 0.25) is 10.0 Å². The normalized spacial score (nSPS) is 20.9. The first-order valence-corrected chi connectivity index (χ1v) is 16.8. The predicted molar refractivity (Wildman–Crippen MR) is 179 cm³/mol. The number of aromatic amines is 1. The first-order chi connectivity index (χ1) is 21.3. The summed E-state index contributed by atoms with van der Waals surface area (Å²) in [6, 6.07) is 21.0. The van der Waals surface area contributed by atoms with Crippen LogP contribution in [0.1, 0.15) is 48.4 Å². The smallest absolute Gasteiger partial charge is 0.225 e. The molecular weight excluding hydrogens is 613 g/mol. The number of likely N-dealkylation sites (tertiary alicyclic amines) is 1. The van der Waals surface area contributed by atoms with Gasteiger partial charge >= 0.3 is 0 Å². The lowest BCUT2D eigenvalue weighted by molar-refractivity contribution is -0.129. The second kappa shape index (κ2) is 13.7. The Morgan fingerprint density at radius 3 is 2.55 bits per heavy atom. The summed E-state index contributed by atoms with van der Waals surface area (Å²) in [6.45, 7) is 6.73. The van der Waals surface area contributed by atoms with Crippen molar-refractivity contribution in [3.63, 3.8) is 0 Å². The number of nitrogens with zero attached hydrogens (tertiary/aromatic N) is 2. The van der Waals surface area contributed by atoms with E-state index in [9.17, 15) is 9.59 Å². The summed E-state index contributed by atoms with van der Waals surface area (Å²) in [5.41, 5.74) is 3.83. The number of H-pyrrole nitrogens is 1. The van der Waals surface area contributed by atoms with Crippen LogP contribution < -0.4 is 0 Å². The molecule has 0 aliphatic carbocycles. The van der Waals surface area contributed by atoms with E-state index in [0.717, 1.165) is 78.2 Å². The number of ether oxygens (including phenoxy) is 1. The molecule has 0 saturated carbocycles. The molecule has 1 N–H and O–H groups in total. The Labute approximate surface area is 273 Å². The Balaban J connectivity index is 1.39. The number of hydrogen-bond acceptors (Lipinski definition) is 5. The summed E-state index contributed by atoms with van der Waals surface area (Å²) in [5, 5.41) is 2.25. The third-order valence-corrected chi connectivity index (χ3v) is 10.8. The van der Waals surface area contributed by atoms with Crippen molar-refractivity contribution >= 4 is 57.6 Å². The first-order valence-electron chi connectivity index (χ1n) is 15.2. The van der Waals surface area contributed by atoms with Crippen LogP contribution in [0.15, 0.2) is 77.8 Å². The summed E-state index contributed by atoms with van der Waals surface area (Å²) in [4.78, 5) is 37.5. The van der Waals surface area contributed by atoms with Crippen molar-refractivity contribution in [2.45, 2.75) is 54.8 Å². The molecule has 2 aliphatic heterocycles. The molecule has 44 heavy (non-hydrogen) atoms. The van der Waals surface area contributed by atoms with Crippen LogP contribution in [0.25, 0.3) is 10.9 Å². The molecule has 0 bridgehead atoms.